The Hall–Kier alpha value is -1.57. The minimum Gasteiger partial charge on any atom is -0.465 e. The predicted octanol–water partition coefficient (Wildman–Crippen LogP) is 1.58. The van der Waals surface area contributed by atoms with Gasteiger partial charge < -0.3 is 9.57 Å². The van der Waals surface area contributed by atoms with Crippen LogP contribution in [0.1, 0.15) is 10.4 Å². The molecule has 0 spiro atoms. The van der Waals surface area contributed by atoms with Crippen LogP contribution < -0.4 is 0 Å². The second kappa shape index (κ2) is 5.20. The summed E-state index contributed by atoms with van der Waals surface area (Å²) in [6.07, 6.45) is 2.76. The van der Waals surface area contributed by atoms with Crippen LogP contribution in [0.2, 0.25) is 5.02 Å². The van der Waals surface area contributed by atoms with Crippen molar-refractivity contribution in [3.63, 3.8) is 0 Å². The molecule has 0 saturated carbocycles. The van der Waals surface area contributed by atoms with Crippen molar-refractivity contribution < 1.29 is 22.8 Å². The summed E-state index contributed by atoms with van der Waals surface area (Å²) in [5.74, 6) is -0.784. The monoisotopic (exact) mass is 303 g/mol. The van der Waals surface area contributed by atoms with Crippen LogP contribution >= 0.6 is 11.6 Å². The summed E-state index contributed by atoms with van der Waals surface area (Å²) in [6.45, 7) is 0.0498. The van der Waals surface area contributed by atoms with E-state index in [4.69, 9.17) is 16.4 Å². The number of esters is 1. The normalized spacial score (nSPS) is 15.3. The third-order valence-corrected chi connectivity index (χ3v) is 4.58. The van der Waals surface area contributed by atoms with E-state index >= 15 is 0 Å². The van der Waals surface area contributed by atoms with Gasteiger partial charge in [0.05, 0.1) is 24.2 Å². The molecule has 0 N–H and O–H groups in total. The standard InChI is InChI=1S/C11H10ClNO5S/c1-17-11(14)8-4-2-5-9(12)10(8)19(15,16)13-6-3-7-18-13/h2-5,7H,6H2,1H3. The van der Waals surface area contributed by atoms with Crippen LogP contribution in [0.25, 0.3) is 0 Å². The van der Waals surface area contributed by atoms with Gasteiger partial charge in [0.25, 0.3) is 10.0 Å². The zero-order valence-corrected chi connectivity index (χ0v) is 11.4. The van der Waals surface area contributed by atoms with Gasteiger partial charge in [0.15, 0.2) is 0 Å². The van der Waals surface area contributed by atoms with E-state index in [9.17, 15) is 13.2 Å². The number of carbonyl (C=O) groups excluding carboxylic acids is 1. The molecule has 0 atom stereocenters. The van der Waals surface area contributed by atoms with E-state index in [2.05, 4.69) is 4.74 Å². The molecule has 2 rings (SSSR count). The zero-order valence-electron chi connectivity index (χ0n) is 9.87. The van der Waals surface area contributed by atoms with Gasteiger partial charge in [0.1, 0.15) is 11.2 Å². The van der Waals surface area contributed by atoms with Crippen LogP contribution in [0.3, 0.4) is 0 Å². The summed E-state index contributed by atoms with van der Waals surface area (Å²) in [4.78, 5) is 16.2. The number of carbonyl (C=O) groups is 1. The number of methoxy groups -OCH3 is 1. The molecule has 0 fully saturated rings. The van der Waals surface area contributed by atoms with Gasteiger partial charge in [-0.3, -0.25) is 0 Å². The number of hydrogen-bond donors (Lipinski definition) is 0. The molecule has 0 amide bonds. The second-order valence-corrected chi connectivity index (χ2v) is 5.75. The van der Waals surface area contributed by atoms with Gasteiger partial charge in [-0.25, -0.2) is 13.2 Å². The van der Waals surface area contributed by atoms with Gasteiger partial charge in [-0.2, -0.15) is 0 Å². The summed E-state index contributed by atoms with van der Waals surface area (Å²) in [6, 6.07) is 4.18. The van der Waals surface area contributed by atoms with Crippen molar-refractivity contribution in [1.82, 2.24) is 4.47 Å². The Morgan fingerprint density at radius 1 is 1.47 bits per heavy atom. The van der Waals surface area contributed by atoms with Crippen LogP contribution in [0.5, 0.6) is 0 Å². The largest absolute Gasteiger partial charge is 0.465 e. The molecular weight excluding hydrogens is 294 g/mol. The molecule has 1 aliphatic heterocycles. The number of halogens is 1. The van der Waals surface area contributed by atoms with Gasteiger partial charge in [0.2, 0.25) is 0 Å². The van der Waals surface area contributed by atoms with Crippen LogP contribution in [0, 0.1) is 0 Å². The van der Waals surface area contributed by atoms with E-state index in [1.54, 1.807) is 0 Å². The number of hydroxylamine groups is 1. The maximum absolute atomic E-state index is 12.4. The molecule has 0 unspecified atom stereocenters. The molecule has 102 valence electrons. The molecule has 1 aromatic carbocycles. The summed E-state index contributed by atoms with van der Waals surface area (Å²) in [5.41, 5.74) is -0.134. The van der Waals surface area contributed by atoms with Crippen LogP contribution in [-0.4, -0.2) is 32.5 Å². The first-order valence-corrected chi connectivity index (χ1v) is 7.01. The van der Waals surface area contributed by atoms with E-state index in [0.717, 1.165) is 11.6 Å². The van der Waals surface area contributed by atoms with E-state index in [0.29, 0.717) is 0 Å². The Kier molecular flexibility index (Phi) is 3.79. The lowest BCUT2D eigenvalue weighted by Gasteiger charge is -2.17. The molecule has 0 radical (unpaired) electrons. The zero-order chi connectivity index (χ0) is 14.0. The summed E-state index contributed by atoms with van der Waals surface area (Å²) in [5, 5.41) is -0.0709. The van der Waals surface area contributed by atoms with Gasteiger partial charge in [-0.15, -0.1) is 0 Å². The average Bonchev–Trinajstić information content (AvgIpc) is 2.91. The van der Waals surface area contributed by atoms with E-state index in [1.165, 1.54) is 30.5 Å². The first-order chi connectivity index (χ1) is 8.98. The lowest BCUT2D eigenvalue weighted by atomic mass is 10.2. The van der Waals surface area contributed by atoms with Crippen molar-refractivity contribution in [1.29, 1.82) is 0 Å². The molecule has 8 heteroatoms. The van der Waals surface area contributed by atoms with Gasteiger partial charge in [-0.1, -0.05) is 17.7 Å². The maximum Gasteiger partial charge on any atom is 0.339 e. The molecule has 6 nitrogen and oxygen atoms in total. The Labute approximate surface area is 115 Å². The Morgan fingerprint density at radius 3 is 2.79 bits per heavy atom. The SMILES string of the molecule is COC(=O)c1cccc(Cl)c1S(=O)(=O)N1CC=CO1. The number of rotatable bonds is 3. The Morgan fingerprint density at radius 2 is 2.21 bits per heavy atom. The van der Waals surface area contributed by atoms with Crippen molar-refractivity contribution >= 4 is 27.6 Å². The lowest BCUT2D eigenvalue weighted by Crippen LogP contribution is -2.29. The molecule has 0 aliphatic carbocycles. The van der Waals surface area contributed by atoms with Crippen LogP contribution in [0.15, 0.2) is 35.4 Å². The summed E-state index contributed by atoms with van der Waals surface area (Å²) < 4.78 is 30.0. The highest BCUT2D eigenvalue weighted by atomic mass is 35.5. The minimum atomic E-state index is -4.04. The summed E-state index contributed by atoms with van der Waals surface area (Å²) in [7, 11) is -2.88. The molecule has 1 heterocycles. The van der Waals surface area contributed by atoms with E-state index in [1.807, 2.05) is 0 Å². The van der Waals surface area contributed by atoms with Crippen molar-refractivity contribution in [3.05, 3.63) is 41.1 Å². The predicted molar refractivity (Wildman–Crippen MR) is 66.9 cm³/mol. The Balaban J connectivity index is 2.58. The van der Waals surface area contributed by atoms with Gasteiger partial charge >= 0.3 is 5.97 Å². The highest BCUT2D eigenvalue weighted by Crippen LogP contribution is 2.29. The minimum absolute atomic E-state index is 0.0498. The van der Waals surface area contributed by atoms with Crippen molar-refractivity contribution in [2.45, 2.75) is 4.90 Å². The number of hydrogen-bond acceptors (Lipinski definition) is 5. The smallest absolute Gasteiger partial charge is 0.339 e. The number of benzene rings is 1. The fourth-order valence-corrected chi connectivity index (χ4v) is 3.44. The third-order valence-electron chi connectivity index (χ3n) is 2.43. The maximum atomic E-state index is 12.4. The van der Waals surface area contributed by atoms with Crippen molar-refractivity contribution in [2.75, 3.05) is 13.7 Å². The fraction of sp³-hybridized carbons (Fsp3) is 0.182. The average molecular weight is 304 g/mol. The quantitative estimate of drug-likeness (QED) is 0.793. The second-order valence-electron chi connectivity index (χ2n) is 3.58. The van der Waals surface area contributed by atoms with Crippen molar-refractivity contribution in [3.8, 4) is 0 Å². The highest BCUT2D eigenvalue weighted by Gasteiger charge is 2.33. The third kappa shape index (κ3) is 2.44. The van der Waals surface area contributed by atoms with E-state index < -0.39 is 16.0 Å². The number of nitrogens with zero attached hydrogens (tertiary/aromatic N) is 1. The van der Waals surface area contributed by atoms with Gasteiger partial charge in [-0.05, 0) is 22.7 Å². The van der Waals surface area contributed by atoms with Crippen LogP contribution in [-0.2, 0) is 19.6 Å². The molecule has 1 aliphatic rings. The highest BCUT2D eigenvalue weighted by molar-refractivity contribution is 7.89. The lowest BCUT2D eigenvalue weighted by molar-refractivity contribution is 0.0157. The van der Waals surface area contributed by atoms with Crippen LogP contribution in [0.4, 0.5) is 0 Å². The number of sulfonamides is 1. The molecule has 1 aromatic rings. The molecule has 0 aromatic heterocycles. The first kappa shape index (κ1) is 13.9. The Bertz CT molecular complexity index is 632. The summed E-state index contributed by atoms with van der Waals surface area (Å²) >= 11 is 5.90. The van der Waals surface area contributed by atoms with Gasteiger partial charge in [0, 0.05) is 0 Å². The topological polar surface area (TPSA) is 72.9 Å². The molecular formula is C11H10ClNO5S. The van der Waals surface area contributed by atoms with Crippen molar-refractivity contribution in [2.24, 2.45) is 0 Å². The van der Waals surface area contributed by atoms with E-state index in [-0.39, 0.29) is 22.0 Å². The molecule has 0 bridgehead atoms. The first-order valence-electron chi connectivity index (χ1n) is 5.20. The number of ether oxygens (including phenoxy) is 1. The molecule has 0 saturated heterocycles. The molecule has 19 heavy (non-hydrogen) atoms. The fourth-order valence-electron chi connectivity index (χ4n) is 1.58.